The fraction of sp³-hybridized carbons (Fsp3) is 0.375. The number of amides is 1. The van der Waals surface area contributed by atoms with Crippen LogP contribution in [-0.2, 0) is 14.8 Å². The van der Waals surface area contributed by atoms with Crippen molar-refractivity contribution in [3.8, 4) is 11.6 Å². The zero-order valence-electron chi connectivity index (χ0n) is 20.0. The molecule has 1 aromatic carbocycles. The highest BCUT2D eigenvalue weighted by Gasteiger charge is 2.28. The number of benzene rings is 1. The lowest BCUT2D eigenvalue weighted by Gasteiger charge is -2.26. The van der Waals surface area contributed by atoms with Crippen LogP contribution >= 0.6 is 0 Å². The lowest BCUT2D eigenvalue weighted by molar-refractivity contribution is 0.0730. The zero-order valence-corrected chi connectivity index (χ0v) is 20.8. The van der Waals surface area contributed by atoms with E-state index in [1.165, 1.54) is 22.6 Å². The quantitative estimate of drug-likeness (QED) is 0.506. The number of pyridine rings is 1. The third kappa shape index (κ3) is 5.21. The molecule has 0 radical (unpaired) electrons. The fourth-order valence-electron chi connectivity index (χ4n) is 3.92. The molecule has 0 saturated carbocycles. The number of aromatic nitrogens is 3. The summed E-state index contributed by atoms with van der Waals surface area (Å²) in [6, 6.07) is 9.96. The van der Waals surface area contributed by atoms with Crippen molar-refractivity contribution in [3.05, 3.63) is 60.0 Å². The zero-order chi connectivity index (χ0) is 25.0. The summed E-state index contributed by atoms with van der Waals surface area (Å²) in [5.41, 5.74) is 1.33. The SMILES string of the molecule is CCOc1ccc(S(=O)(=O)N2CCOCC2)cc1NC(=O)c1cnn(-c2ccccn2)c1C(C)C. The monoisotopic (exact) mass is 499 g/mol. The summed E-state index contributed by atoms with van der Waals surface area (Å²) in [5.74, 6) is 0.534. The summed E-state index contributed by atoms with van der Waals surface area (Å²) >= 11 is 0. The van der Waals surface area contributed by atoms with E-state index >= 15 is 0 Å². The lowest BCUT2D eigenvalue weighted by Crippen LogP contribution is -2.40. The van der Waals surface area contributed by atoms with Gasteiger partial charge in [0.05, 0.1) is 47.9 Å². The maximum absolute atomic E-state index is 13.4. The third-order valence-corrected chi connectivity index (χ3v) is 7.47. The Morgan fingerprint density at radius 2 is 1.97 bits per heavy atom. The van der Waals surface area contributed by atoms with E-state index in [1.54, 1.807) is 16.9 Å². The second-order valence-corrected chi connectivity index (χ2v) is 10.2. The van der Waals surface area contributed by atoms with Crippen LogP contribution in [0, 0.1) is 0 Å². The van der Waals surface area contributed by atoms with E-state index in [0.29, 0.717) is 42.6 Å². The molecule has 0 aliphatic carbocycles. The van der Waals surface area contributed by atoms with E-state index in [2.05, 4.69) is 15.4 Å². The summed E-state index contributed by atoms with van der Waals surface area (Å²) < 4.78 is 40.3. The van der Waals surface area contributed by atoms with Gasteiger partial charge < -0.3 is 14.8 Å². The normalized spacial score (nSPS) is 14.7. The number of carbonyl (C=O) groups is 1. The number of sulfonamides is 1. The predicted octanol–water partition coefficient (Wildman–Crippen LogP) is 3.06. The van der Waals surface area contributed by atoms with Crippen LogP contribution in [0.1, 0.15) is 42.7 Å². The first-order valence-corrected chi connectivity index (χ1v) is 12.9. The van der Waals surface area contributed by atoms with Crippen molar-refractivity contribution in [3.63, 3.8) is 0 Å². The Labute approximate surface area is 204 Å². The van der Waals surface area contributed by atoms with E-state index in [-0.39, 0.29) is 29.6 Å². The molecule has 3 heterocycles. The molecule has 1 N–H and O–H groups in total. The van der Waals surface area contributed by atoms with Crippen molar-refractivity contribution >= 4 is 21.6 Å². The van der Waals surface area contributed by atoms with E-state index in [0.717, 1.165) is 0 Å². The molecule has 10 nitrogen and oxygen atoms in total. The maximum Gasteiger partial charge on any atom is 0.259 e. The van der Waals surface area contributed by atoms with Crippen molar-refractivity contribution in [1.82, 2.24) is 19.1 Å². The fourth-order valence-corrected chi connectivity index (χ4v) is 5.36. The third-order valence-electron chi connectivity index (χ3n) is 5.57. The first kappa shape index (κ1) is 24.8. The van der Waals surface area contributed by atoms with Crippen molar-refractivity contribution in [1.29, 1.82) is 0 Å². The van der Waals surface area contributed by atoms with E-state index < -0.39 is 15.9 Å². The van der Waals surface area contributed by atoms with Crippen LogP contribution in [0.2, 0.25) is 0 Å². The van der Waals surface area contributed by atoms with E-state index in [1.807, 2.05) is 39.0 Å². The van der Waals surface area contributed by atoms with Crippen LogP contribution in [0.4, 0.5) is 5.69 Å². The van der Waals surface area contributed by atoms with Crippen LogP contribution in [0.3, 0.4) is 0 Å². The number of carbonyl (C=O) groups excluding carboxylic acids is 1. The summed E-state index contributed by atoms with van der Waals surface area (Å²) in [6.07, 6.45) is 3.16. The molecular formula is C24H29N5O5S. The van der Waals surface area contributed by atoms with Crippen molar-refractivity contribution in [2.45, 2.75) is 31.6 Å². The number of hydrogen-bond donors (Lipinski definition) is 1. The average Bonchev–Trinajstić information content (AvgIpc) is 3.32. The molecule has 1 saturated heterocycles. The predicted molar refractivity (Wildman–Crippen MR) is 131 cm³/mol. The summed E-state index contributed by atoms with van der Waals surface area (Å²) in [5, 5.41) is 7.24. The van der Waals surface area contributed by atoms with Gasteiger partial charge in [0, 0.05) is 19.3 Å². The van der Waals surface area contributed by atoms with Crippen molar-refractivity contribution in [2.75, 3.05) is 38.2 Å². The van der Waals surface area contributed by atoms with Gasteiger partial charge in [0.1, 0.15) is 5.75 Å². The molecular weight excluding hydrogens is 470 g/mol. The Bertz CT molecular complexity index is 1280. The molecule has 0 spiro atoms. The van der Waals surface area contributed by atoms with E-state index in [4.69, 9.17) is 9.47 Å². The maximum atomic E-state index is 13.4. The molecule has 0 atom stereocenters. The minimum atomic E-state index is -3.75. The minimum Gasteiger partial charge on any atom is -0.492 e. The van der Waals surface area contributed by atoms with Crippen molar-refractivity contribution < 1.29 is 22.7 Å². The topological polar surface area (TPSA) is 116 Å². The number of nitrogens with zero attached hydrogens (tertiary/aromatic N) is 4. The van der Waals surface area contributed by atoms with Gasteiger partial charge in [0.15, 0.2) is 5.82 Å². The van der Waals surface area contributed by atoms with Gasteiger partial charge in [-0.2, -0.15) is 9.40 Å². The second-order valence-electron chi connectivity index (χ2n) is 8.26. The molecule has 1 fully saturated rings. The Hall–Kier alpha value is -3.28. The smallest absolute Gasteiger partial charge is 0.259 e. The Kier molecular flexibility index (Phi) is 7.48. The molecule has 1 amide bonds. The number of rotatable bonds is 8. The summed E-state index contributed by atoms with van der Waals surface area (Å²) in [7, 11) is -3.75. The van der Waals surface area contributed by atoms with Crippen LogP contribution in [-0.4, -0.2) is 66.3 Å². The highest BCUT2D eigenvalue weighted by Crippen LogP contribution is 2.31. The molecule has 0 bridgehead atoms. The van der Waals surface area contributed by atoms with Crippen LogP contribution in [0.25, 0.3) is 5.82 Å². The van der Waals surface area contributed by atoms with Gasteiger partial charge in [-0.1, -0.05) is 19.9 Å². The standard InChI is InChI=1S/C24H29N5O5S/c1-4-34-21-9-8-18(35(31,32)28-11-13-33-14-12-28)15-20(21)27-24(30)19-16-26-29(23(19)17(2)3)22-7-5-6-10-25-22/h5-10,15-17H,4,11-14H2,1-3H3,(H,27,30). The molecule has 4 rings (SSSR count). The molecule has 2 aromatic heterocycles. The lowest BCUT2D eigenvalue weighted by atomic mass is 10.1. The van der Waals surface area contributed by atoms with Crippen LogP contribution in [0.5, 0.6) is 5.75 Å². The summed E-state index contributed by atoms with van der Waals surface area (Å²) in [4.78, 5) is 17.8. The van der Waals surface area contributed by atoms with Gasteiger partial charge in [-0.3, -0.25) is 4.79 Å². The van der Waals surface area contributed by atoms with Gasteiger partial charge in [-0.05, 0) is 43.2 Å². The molecule has 11 heteroatoms. The largest absolute Gasteiger partial charge is 0.492 e. The molecule has 1 aliphatic heterocycles. The van der Waals surface area contributed by atoms with E-state index in [9.17, 15) is 13.2 Å². The number of nitrogens with one attached hydrogen (secondary N) is 1. The number of ether oxygens (including phenoxy) is 2. The number of anilines is 1. The Morgan fingerprint density at radius 3 is 2.63 bits per heavy atom. The van der Waals surface area contributed by atoms with Crippen LogP contribution < -0.4 is 10.1 Å². The minimum absolute atomic E-state index is 0.0281. The highest BCUT2D eigenvalue weighted by molar-refractivity contribution is 7.89. The second kappa shape index (κ2) is 10.5. The van der Waals surface area contributed by atoms with Gasteiger partial charge in [0.2, 0.25) is 10.0 Å². The molecule has 1 aliphatic rings. The summed E-state index contributed by atoms with van der Waals surface area (Å²) in [6.45, 7) is 7.35. The molecule has 186 valence electrons. The Morgan fingerprint density at radius 1 is 1.20 bits per heavy atom. The van der Waals surface area contributed by atoms with Gasteiger partial charge in [-0.15, -0.1) is 0 Å². The molecule has 0 unspecified atom stereocenters. The first-order chi connectivity index (χ1) is 16.8. The van der Waals surface area contributed by atoms with Gasteiger partial charge in [-0.25, -0.2) is 18.1 Å². The number of morpholine rings is 1. The van der Waals surface area contributed by atoms with Gasteiger partial charge >= 0.3 is 0 Å². The van der Waals surface area contributed by atoms with Gasteiger partial charge in [0.25, 0.3) is 5.91 Å². The molecule has 35 heavy (non-hydrogen) atoms. The number of hydrogen-bond acceptors (Lipinski definition) is 7. The average molecular weight is 500 g/mol. The molecule has 3 aromatic rings. The first-order valence-electron chi connectivity index (χ1n) is 11.5. The highest BCUT2D eigenvalue weighted by atomic mass is 32.2. The van der Waals surface area contributed by atoms with Crippen LogP contribution in [0.15, 0.2) is 53.7 Å². The van der Waals surface area contributed by atoms with Crippen molar-refractivity contribution in [2.24, 2.45) is 0 Å². The Balaban J connectivity index is 1.68.